The molecule has 74 valence electrons. The second-order valence-electron chi connectivity index (χ2n) is 2.71. The smallest absolute Gasteiger partial charge is 0.271 e. The summed E-state index contributed by atoms with van der Waals surface area (Å²) >= 11 is 0. The molecule has 0 unspecified atom stereocenters. The molecule has 0 aliphatic rings. The van der Waals surface area contributed by atoms with E-state index in [0.717, 1.165) is 0 Å². The van der Waals surface area contributed by atoms with Crippen LogP contribution in [0.1, 0.15) is 17.4 Å². The number of Topliss-reactive ketones (excluding diaryl/α,β-unsaturated/α-hetero) is 1. The van der Waals surface area contributed by atoms with Crippen LogP contribution >= 0.6 is 0 Å². The summed E-state index contributed by atoms with van der Waals surface area (Å²) in [7, 11) is 0. The molecule has 5 nitrogen and oxygen atoms in total. The summed E-state index contributed by atoms with van der Waals surface area (Å²) in [6.45, 7) is 1.30. The number of nitrogens with zero attached hydrogens (tertiary/aromatic N) is 1. The van der Waals surface area contributed by atoms with Crippen LogP contribution in [0.5, 0.6) is 5.75 Å². The van der Waals surface area contributed by atoms with Crippen molar-refractivity contribution < 1.29 is 14.3 Å². The number of ether oxygens (including phenoxy) is 1. The summed E-state index contributed by atoms with van der Waals surface area (Å²) in [6.07, 6.45) is 1.43. The first-order valence-electron chi connectivity index (χ1n) is 3.98. The van der Waals surface area contributed by atoms with Gasteiger partial charge in [-0.25, -0.2) is 4.98 Å². The Bertz CT molecular complexity index is 363. The lowest BCUT2D eigenvalue weighted by Gasteiger charge is -2.05. The average molecular weight is 194 g/mol. The molecule has 1 heterocycles. The first-order valence-corrected chi connectivity index (χ1v) is 3.98. The van der Waals surface area contributed by atoms with Crippen LogP contribution in [-0.2, 0) is 4.79 Å². The zero-order valence-electron chi connectivity index (χ0n) is 7.69. The molecule has 0 saturated carbocycles. The van der Waals surface area contributed by atoms with Crippen LogP contribution in [0, 0.1) is 0 Å². The quantitative estimate of drug-likeness (QED) is 0.739. The number of carbonyl (C=O) groups excluding carboxylic acids is 2. The van der Waals surface area contributed by atoms with E-state index in [2.05, 4.69) is 4.98 Å². The number of nitrogens with two attached hydrogens (primary N) is 1. The zero-order valence-corrected chi connectivity index (χ0v) is 7.69. The monoisotopic (exact) mass is 194 g/mol. The van der Waals surface area contributed by atoms with Crippen molar-refractivity contribution in [3.8, 4) is 5.75 Å². The fraction of sp³-hybridized carbons (Fsp3) is 0.222. The molecule has 0 radical (unpaired) electrons. The SMILES string of the molecule is CC(=O)COc1cccnc1C(N)=O. The Kier molecular flexibility index (Phi) is 3.17. The van der Waals surface area contributed by atoms with Crippen LogP contribution in [0.15, 0.2) is 18.3 Å². The highest BCUT2D eigenvalue weighted by Gasteiger charge is 2.10. The number of carbonyl (C=O) groups is 2. The van der Waals surface area contributed by atoms with Crippen LogP contribution in [0.4, 0.5) is 0 Å². The second kappa shape index (κ2) is 4.36. The normalized spacial score (nSPS) is 9.50. The molecule has 0 saturated heterocycles. The van der Waals surface area contributed by atoms with E-state index < -0.39 is 5.91 Å². The number of rotatable bonds is 4. The predicted octanol–water partition coefficient (Wildman–Crippen LogP) is 0.148. The van der Waals surface area contributed by atoms with Gasteiger partial charge in [-0.3, -0.25) is 9.59 Å². The Balaban J connectivity index is 2.84. The van der Waals surface area contributed by atoms with E-state index in [1.807, 2.05) is 0 Å². The Hall–Kier alpha value is -1.91. The molecule has 1 amide bonds. The molecule has 1 rings (SSSR count). The van der Waals surface area contributed by atoms with Crippen molar-refractivity contribution in [2.45, 2.75) is 6.92 Å². The van der Waals surface area contributed by atoms with Crippen LogP contribution < -0.4 is 10.5 Å². The van der Waals surface area contributed by atoms with Gasteiger partial charge in [-0.2, -0.15) is 0 Å². The standard InChI is InChI=1S/C9H10N2O3/c1-6(12)5-14-7-3-2-4-11-8(7)9(10)13/h2-4H,5H2,1H3,(H2,10,13). The molecule has 1 aromatic rings. The van der Waals surface area contributed by atoms with Crippen molar-refractivity contribution in [3.63, 3.8) is 0 Å². The minimum absolute atomic E-state index is 0.0359. The summed E-state index contributed by atoms with van der Waals surface area (Å²) in [5.41, 5.74) is 5.09. The molecule has 0 bridgehead atoms. The van der Waals surface area contributed by atoms with Gasteiger partial charge in [0.05, 0.1) is 0 Å². The molecule has 14 heavy (non-hydrogen) atoms. The molecule has 0 aliphatic carbocycles. The molecular weight excluding hydrogens is 184 g/mol. The number of hydrogen-bond donors (Lipinski definition) is 1. The Morgan fingerprint density at radius 1 is 1.57 bits per heavy atom. The van der Waals surface area contributed by atoms with E-state index in [1.54, 1.807) is 6.07 Å². The van der Waals surface area contributed by atoms with Crippen LogP contribution in [0.25, 0.3) is 0 Å². The third-order valence-corrected chi connectivity index (χ3v) is 1.44. The number of ketones is 1. The fourth-order valence-electron chi connectivity index (χ4n) is 0.871. The lowest BCUT2D eigenvalue weighted by molar-refractivity contribution is -0.118. The Labute approximate surface area is 80.9 Å². The maximum atomic E-state index is 10.9. The molecular formula is C9H10N2O3. The van der Waals surface area contributed by atoms with E-state index in [-0.39, 0.29) is 23.8 Å². The van der Waals surface area contributed by atoms with Gasteiger partial charge in [0, 0.05) is 6.20 Å². The highest BCUT2D eigenvalue weighted by Crippen LogP contribution is 2.13. The van der Waals surface area contributed by atoms with E-state index in [4.69, 9.17) is 10.5 Å². The van der Waals surface area contributed by atoms with Crippen LogP contribution in [0.3, 0.4) is 0 Å². The molecule has 5 heteroatoms. The van der Waals surface area contributed by atoms with Crippen molar-refractivity contribution in [3.05, 3.63) is 24.0 Å². The number of aromatic nitrogens is 1. The largest absolute Gasteiger partial charge is 0.483 e. The summed E-state index contributed by atoms with van der Waals surface area (Å²) < 4.78 is 5.05. The summed E-state index contributed by atoms with van der Waals surface area (Å²) in [5.74, 6) is -0.580. The zero-order chi connectivity index (χ0) is 10.6. The minimum Gasteiger partial charge on any atom is -0.483 e. The van der Waals surface area contributed by atoms with E-state index in [0.29, 0.717) is 0 Å². The molecule has 2 N–H and O–H groups in total. The predicted molar refractivity (Wildman–Crippen MR) is 48.9 cm³/mol. The minimum atomic E-state index is -0.677. The van der Waals surface area contributed by atoms with Crippen LogP contribution in [0.2, 0.25) is 0 Å². The van der Waals surface area contributed by atoms with Crippen molar-refractivity contribution in [2.24, 2.45) is 5.73 Å². The van der Waals surface area contributed by atoms with Crippen LogP contribution in [-0.4, -0.2) is 23.3 Å². The highest BCUT2D eigenvalue weighted by molar-refractivity contribution is 5.93. The molecule has 0 aromatic carbocycles. The van der Waals surface area contributed by atoms with Gasteiger partial charge in [-0.05, 0) is 19.1 Å². The second-order valence-corrected chi connectivity index (χ2v) is 2.71. The molecule has 0 aliphatic heterocycles. The number of hydrogen-bond acceptors (Lipinski definition) is 4. The van der Waals surface area contributed by atoms with Gasteiger partial charge in [0.15, 0.2) is 17.2 Å². The molecule has 0 spiro atoms. The molecule has 0 fully saturated rings. The van der Waals surface area contributed by atoms with E-state index in [9.17, 15) is 9.59 Å². The van der Waals surface area contributed by atoms with Gasteiger partial charge in [-0.1, -0.05) is 0 Å². The van der Waals surface area contributed by atoms with Gasteiger partial charge in [0.2, 0.25) is 0 Å². The summed E-state index contributed by atoms with van der Waals surface area (Å²) in [5, 5.41) is 0. The van der Waals surface area contributed by atoms with Gasteiger partial charge < -0.3 is 10.5 Å². The lowest BCUT2D eigenvalue weighted by atomic mass is 10.3. The van der Waals surface area contributed by atoms with Crippen molar-refractivity contribution >= 4 is 11.7 Å². The summed E-state index contributed by atoms with van der Waals surface area (Å²) in [6, 6.07) is 3.14. The molecule has 1 aromatic heterocycles. The number of primary amides is 1. The van der Waals surface area contributed by atoms with Gasteiger partial charge >= 0.3 is 0 Å². The van der Waals surface area contributed by atoms with Gasteiger partial charge in [-0.15, -0.1) is 0 Å². The Morgan fingerprint density at radius 2 is 2.29 bits per heavy atom. The number of amides is 1. The summed E-state index contributed by atoms with van der Waals surface area (Å²) in [4.78, 5) is 25.2. The maximum absolute atomic E-state index is 10.9. The first kappa shape index (κ1) is 10.2. The van der Waals surface area contributed by atoms with Crippen molar-refractivity contribution in [1.29, 1.82) is 0 Å². The fourth-order valence-corrected chi connectivity index (χ4v) is 0.871. The van der Waals surface area contributed by atoms with Crippen molar-refractivity contribution in [2.75, 3.05) is 6.61 Å². The molecule has 0 atom stereocenters. The first-order chi connectivity index (χ1) is 6.61. The Morgan fingerprint density at radius 3 is 2.86 bits per heavy atom. The van der Waals surface area contributed by atoms with E-state index >= 15 is 0 Å². The third-order valence-electron chi connectivity index (χ3n) is 1.44. The number of pyridine rings is 1. The van der Waals surface area contributed by atoms with Gasteiger partial charge in [0.25, 0.3) is 5.91 Å². The van der Waals surface area contributed by atoms with Crippen molar-refractivity contribution in [1.82, 2.24) is 4.98 Å². The average Bonchev–Trinajstić information content (AvgIpc) is 2.15. The highest BCUT2D eigenvalue weighted by atomic mass is 16.5. The maximum Gasteiger partial charge on any atom is 0.271 e. The topological polar surface area (TPSA) is 82.3 Å². The lowest BCUT2D eigenvalue weighted by Crippen LogP contribution is -2.16. The third kappa shape index (κ3) is 2.55. The van der Waals surface area contributed by atoms with Gasteiger partial charge in [0.1, 0.15) is 6.61 Å². The van der Waals surface area contributed by atoms with E-state index in [1.165, 1.54) is 19.2 Å².